The Kier molecular flexibility index (Phi) is 9.75. The van der Waals surface area contributed by atoms with Crippen molar-refractivity contribution >= 4 is 17.9 Å². The molecular weight excluding hydrogens is 604 g/mol. The van der Waals surface area contributed by atoms with Gasteiger partial charge < -0.3 is 23.8 Å². The fraction of sp³-hybridized carbons (Fsp3) is 0.278. The molecule has 0 bridgehead atoms. The Morgan fingerprint density at radius 2 is 1.30 bits per heavy atom. The Hall–Kier alpha value is -5.26. The molecule has 3 aromatic carbocycles. The number of esters is 3. The molecule has 4 aromatic rings. The summed E-state index contributed by atoms with van der Waals surface area (Å²) in [6, 6.07) is 28.1. The second-order valence-corrected chi connectivity index (χ2v) is 11.3. The monoisotopic (exact) mass is 638 g/mol. The second-order valence-electron chi connectivity index (χ2n) is 11.3. The highest BCUT2D eigenvalue weighted by Crippen LogP contribution is 2.31. The summed E-state index contributed by atoms with van der Waals surface area (Å²) in [5, 5.41) is 0. The molecule has 5 atom stereocenters. The van der Waals surface area contributed by atoms with Gasteiger partial charge in [0, 0.05) is 12.1 Å². The number of ether oxygens (including phenoxy) is 4. The molecule has 0 unspecified atom stereocenters. The van der Waals surface area contributed by atoms with E-state index >= 15 is 0 Å². The molecule has 242 valence electrons. The van der Waals surface area contributed by atoms with Crippen LogP contribution < -0.4 is 10.4 Å². The number of pyridine rings is 1. The number of carbonyl (C=O) groups is 3. The van der Waals surface area contributed by atoms with E-state index in [1.165, 1.54) is 6.07 Å². The highest BCUT2D eigenvalue weighted by Gasteiger charge is 2.52. The standard InChI is InChI=1S/C36H34N2O9/c1-37-21-11-18-28(37)27-19-20-30(39)38(22-27)47-36-32(46-35(42)26-16-9-4-10-17-26)31(45-34(41)25-14-7-3-8-15-25)29(44-36)23-43-33(40)24-12-5-2-6-13-24/h2-10,12-17,19-20,22,28-29,31-32,36H,11,18,21,23H2,1H3/t28-,29+,31+,32+,36-/m0/s1. The van der Waals surface area contributed by atoms with E-state index in [1.54, 1.807) is 103 Å². The number of likely N-dealkylation sites (tertiary alicyclic amines) is 1. The maximum absolute atomic E-state index is 13.4. The van der Waals surface area contributed by atoms with E-state index in [0.29, 0.717) is 5.56 Å². The Bertz CT molecular complexity index is 1750. The van der Waals surface area contributed by atoms with Crippen LogP contribution in [0.4, 0.5) is 0 Å². The zero-order chi connectivity index (χ0) is 32.8. The summed E-state index contributed by atoms with van der Waals surface area (Å²) < 4.78 is 24.6. The number of hydrogen-bond acceptors (Lipinski definition) is 10. The third-order valence-corrected chi connectivity index (χ3v) is 8.19. The Morgan fingerprint density at radius 1 is 0.745 bits per heavy atom. The molecule has 11 heteroatoms. The Balaban J connectivity index is 1.32. The summed E-state index contributed by atoms with van der Waals surface area (Å²) in [5.74, 6) is -2.08. The summed E-state index contributed by atoms with van der Waals surface area (Å²) in [4.78, 5) is 60.8. The van der Waals surface area contributed by atoms with E-state index < -0.39 is 48.1 Å². The van der Waals surface area contributed by atoms with Gasteiger partial charge in [-0.25, -0.2) is 14.4 Å². The molecule has 0 aliphatic carbocycles. The SMILES string of the molecule is CN1CCC[C@H]1c1ccc(=O)n(O[C@@H]2O[C@H](COC(=O)c3ccccc3)[C@@H](OC(=O)c3ccccc3)[C@H]2OC(=O)c2ccccc2)c1. The van der Waals surface area contributed by atoms with Crippen molar-refractivity contribution in [1.82, 2.24) is 9.63 Å². The molecule has 2 aliphatic heterocycles. The van der Waals surface area contributed by atoms with Gasteiger partial charge in [0.25, 0.3) is 11.8 Å². The summed E-state index contributed by atoms with van der Waals surface area (Å²) in [6.45, 7) is 0.549. The smallest absolute Gasteiger partial charge is 0.338 e. The van der Waals surface area contributed by atoms with Crippen LogP contribution in [0.5, 0.6) is 0 Å². The molecular formula is C36H34N2O9. The molecule has 0 N–H and O–H groups in total. The predicted octanol–water partition coefficient (Wildman–Crippen LogP) is 4.08. The van der Waals surface area contributed by atoms with Crippen LogP contribution in [0.25, 0.3) is 0 Å². The highest BCUT2D eigenvalue weighted by molar-refractivity contribution is 5.91. The minimum atomic E-state index is -1.43. The zero-order valence-corrected chi connectivity index (χ0v) is 25.7. The van der Waals surface area contributed by atoms with Gasteiger partial charge in [-0.2, -0.15) is 0 Å². The predicted molar refractivity (Wildman–Crippen MR) is 169 cm³/mol. The normalized spacial score (nSPS) is 22.4. The first kappa shape index (κ1) is 31.7. The zero-order valence-electron chi connectivity index (χ0n) is 25.7. The molecule has 1 aromatic heterocycles. The molecule has 3 heterocycles. The van der Waals surface area contributed by atoms with E-state index in [0.717, 1.165) is 29.7 Å². The van der Waals surface area contributed by atoms with Crippen molar-refractivity contribution in [3.8, 4) is 0 Å². The van der Waals surface area contributed by atoms with Crippen LogP contribution in [0.2, 0.25) is 0 Å². The van der Waals surface area contributed by atoms with Crippen molar-refractivity contribution in [2.75, 3.05) is 20.2 Å². The molecule has 0 spiro atoms. The number of nitrogens with zero attached hydrogens (tertiary/aromatic N) is 2. The van der Waals surface area contributed by atoms with Gasteiger partial charge in [-0.3, -0.25) is 9.69 Å². The molecule has 2 aliphatic rings. The lowest BCUT2D eigenvalue weighted by Crippen LogP contribution is -2.45. The lowest BCUT2D eigenvalue weighted by molar-refractivity contribution is -0.174. The quantitative estimate of drug-likeness (QED) is 0.186. The maximum atomic E-state index is 13.4. The van der Waals surface area contributed by atoms with E-state index in [-0.39, 0.29) is 23.8 Å². The molecule has 11 nitrogen and oxygen atoms in total. The van der Waals surface area contributed by atoms with Crippen molar-refractivity contribution in [3.63, 3.8) is 0 Å². The fourth-order valence-electron chi connectivity index (χ4n) is 5.73. The first-order valence-corrected chi connectivity index (χ1v) is 15.4. The summed E-state index contributed by atoms with van der Waals surface area (Å²) in [6.07, 6.45) is -1.69. The topological polar surface area (TPSA) is 123 Å². The second kappa shape index (κ2) is 14.4. The average molecular weight is 639 g/mol. The van der Waals surface area contributed by atoms with Crippen LogP contribution in [0, 0.1) is 0 Å². The van der Waals surface area contributed by atoms with Gasteiger partial charge in [-0.15, -0.1) is 4.73 Å². The van der Waals surface area contributed by atoms with Crippen LogP contribution in [-0.4, -0.2) is 72.3 Å². The van der Waals surface area contributed by atoms with Gasteiger partial charge in [0.2, 0.25) is 6.10 Å². The number of hydrogen-bond donors (Lipinski definition) is 0. The summed E-state index contributed by atoms with van der Waals surface area (Å²) in [7, 11) is 2.01. The molecule has 47 heavy (non-hydrogen) atoms. The maximum Gasteiger partial charge on any atom is 0.338 e. The molecule has 2 fully saturated rings. The van der Waals surface area contributed by atoms with Crippen LogP contribution in [-0.2, 0) is 18.9 Å². The first-order chi connectivity index (χ1) is 22.9. The van der Waals surface area contributed by atoms with E-state index in [2.05, 4.69) is 4.90 Å². The Morgan fingerprint density at radius 3 is 1.85 bits per heavy atom. The highest BCUT2D eigenvalue weighted by atomic mass is 16.8. The molecule has 0 saturated carbocycles. The minimum absolute atomic E-state index is 0.0892. The van der Waals surface area contributed by atoms with Crippen LogP contribution in [0.1, 0.15) is 55.5 Å². The lowest BCUT2D eigenvalue weighted by Gasteiger charge is -2.25. The molecule has 6 rings (SSSR count). The van der Waals surface area contributed by atoms with Crippen molar-refractivity contribution < 1.29 is 38.2 Å². The number of aromatic nitrogens is 1. The number of benzene rings is 3. The van der Waals surface area contributed by atoms with E-state index in [9.17, 15) is 19.2 Å². The van der Waals surface area contributed by atoms with Gasteiger partial charge in [0.15, 0.2) is 6.10 Å². The van der Waals surface area contributed by atoms with Crippen LogP contribution >= 0.6 is 0 Å². The van der Waals surface area contributed by atoms with Crippen LogP contribution in [0.3, 0.4) is 0 Å². The largest absolute Gasteiger partial charge is 0.459 e. The molecule has 2 saturated heterocycles. The van der Waals surface area contributed by atoms with E-state index in [4.69, 9.17) is 23.8 Å². The van der Waals surface area contributed by atoms with Crippen molar-refractivity contribution in [2.24, 2.45) is 0 Å². The third kappa shape index (κ3) is 7.43. The molecule has 0 amide bonds. The van der Waals surface area contributed by atoms with Gasteiger partial charge in [0.1, 0.15) is 12.7 Å². The fourth-order valence-corrected chi connectivity index (χ4v) is 5.73. The summed E-state index contributed by atoms with van der Waals surface area (Å²) >= 11 is 0. The Labute approximate surface area is 271 Å². The van der Waals surface area contributed by atoms with Gasteiger partial charge in [-0.05, 0) is 68.4 Å². The average Bonchev–Trinajstić information content (AvgIpc) is 3.68. The molecule has 0 radical (unpaired) electrons. The number of rotatable bonds is 10. The minimum Gasteiger partial charge on any atom is -0.459 e. The van der Waals surface area contributed by atoms with Crippen molar-refractivity contribution in [3.05, 3.63) is 142 Å². The number of carbonyl (C=O) groups excluding carboxylic acids is 3. The third-order valence-electron chi connectivity index (χ3n) is 8.19. The lowest BCUT2D eigenvalue weighted by atomic mass is 10.1. The van der Waals surface area contributed by atoms with E-state index in [1.807, 2.05) is 7.05 Å². The van der Waals surface area contributed by atoms with Gasteiger partial charge >= 0.3 is 17.9 Å². The van der Waals surface area contributed by atoms with Gasteiger partial charge in [0.05, 0.1) is 22.9 Å². The summed E-state index contributed by atoms with van der Waals surface area (Å²) in [5.41, 5.74) is 1.17. The van der Waals surface area contributed by atoms with Crippen LogP contribution in [0.15, 0.2) is 114 Å². The first-order valence-electron chi connectivity index (χ1n) is 15.4. The van der Waals surface area contributed by atoms with Crippen molar-refractivity contribution in [2.45, 2.75) is 43.5 Å². The van der Waals surface area contributed by atoms with Crippen molar-refractivity contribution in [1.29, 1.82) is 0 Å². The van der Waals surface area contributed by atoms with Gasteiger partial charge in [-0.1, -0.05) is 60.7 Å².